The van der Waals surface area contributed by atoms with Crippen LogP contribution in [0.2, 0.25) is 5.02 Å². The fourth-order valence-corrected chi connectivity index (χ4v) is 11.9. The molecule has 0 spiro atoms. The highest BCUT2D eigenvalue weighted by molar-refractivity contribution is 6.30. The number of nitrogens with two attached hydrogens (primary N) is 3. The molecule has 1 aliphatic heterocycles. The lowest BCUT2D eigenvalue weighted by atomic mass is 9.99. The molecule has 2 heterocycles. The van der Waals surface area contributed by atoms with Gasteiger partial charge in [0.05, 0.1) is 6.61 Å². The van der Waals surface area contributed by atoms with E-state index in [2.05, 4.69) is 63.1 Å². The average molecular weight is 1430 g/mol. The molecule has 102 heavy (non-hydrogen) atoms. The molecular formula is C73H99ClN16O12. The molecule has 10 atom stereocenters. The van der Waals surface area contributed by atoms with Crippen LogP contribution in [0.3, 0.4) is 0 Å². The Morgan fingerprint density at radius 3 is 1.63 bits per heavy atom. The lowest BCUT2D eigenvalue weighted by Crippen LogP contribution is -2.61. The number of hydrogen-bond acceptors (Lipinski definition) is 15. The average Bonchev–Trinajstić information content (AvgIpc) is 1.61. The minimum Gasteiger partial charge on any atom is -0.394 e. The monoisotopic (exact) mass is 1430 g/mol. The van der Waals surface area contributed by atoms with Gasteiger partial charge >= 0.3 is 0 Å². The Morgan fingerprint density at radius 2 is 1.05 bits per heavy atom. The van der Waals surface area contributed by atoms with Gasteiger partial charge in [-0.2, -0.15) is 0 Å². The van der Waals surface area contributed by atoms with Gasteiger partial charge in [-0.05, 0) is 122 Å². The molecule has 0 bridgehead atoms. The highest BCUT2D eigenvalue weighted by Crippen LogP contribution is 2.22. The summed E-state index contributed by atoms with van der Waals surface area (Å²) in [7, 11) is 0. The van der Waals surface area contributed by atoms with Crippen molar-refractivity contribution in [2.45, 2.75) is 185 Å². The van der Waals surface area contributed by atoms with Crippen LogP contribution in [-0.4, -0.2) is 179 Å². The van der Waals surface area contributed by atoms with Crippen LogP contribution in [-0.2, 0) is 78.4 Å². The number of unbranched alkanes of at least 4 members (excludes halogenated alkanes) is 1. The zero-order chi connectivity index (χ0) is 74.4. The number of nitrogens with zero attached hydrogens (tertiary/aromatic N) is 3. The fourth-order valence-electron chi connectivity index (χ4n) is 11.7. The number of aliphatic imine (C=N–C) groups is 1. The number of aliphatic hydroxyl groups excluding tert-OH is 1. The van der Waals surface area contributed by atoms with Crippen LogP contribution in [0.1, 0.15) is 115 Å². The molecule has 0 aliphatic carbocycles. The molecule has 550 valence electrons. The molecule has 1 saturated heterocycles. The Morgan fingerprint density at radius 1 is 0.549 bits per heavy atom. The van der Waals surface area contributed by atoms with E-state index in [0.717, 1.165) is 16.3 Å². The predicted octanol–water partition coefficient (Wildman–Crippen LogP) is 1.30. The van der Waals surface area contributed by atoms with Crippen molar-refractivity contribution in [3.63, 3.8) is 0 Å². The molecule has 29 heteroatoms. The van der Waals surface area contributed by atoms with Gasteiger partial charge in [0.25, 0.3) is 0 Å². The summed E-state index contributed by atoms with van der Waals surface area (Å²) in [5, 5.41) is 40.9. The van der Waals surface area contributed by atoms with Gasteiger partial charge in [0, 0.05) is 69.2 Å². The van der Waals surface area contributed by atoms with E-state index in [9.17, 15) is 57.8 Å². The SMILES string of the molecule is CC(=O)N[C@H](Cc1ccc2ccccc2c1)C(=O)N[C@H](Cc1ccc(Cl)cc1)C(=O)N[C@H](Cc1ccccc1)C(=O)N[C@@H](CO)C(=O)N[C@@H](CCCN=C(N)N)C(=O)N[C@H](Cc1cccnc1)C(=O)N[C@@H](CC(C)C)C(=O)N[C@@H](CCCCNC(C)C)C(=O)N1CCC[C@H]1C(=O)N[C@H](C)C(N)=O. The van der Waals surface area contributed by atoms with Crippen LogP contribution in [0.15, 0.2) is 127 Å². The third kappa shape index (κ3) is 26.8. The summed E-state index contributed by atoms with van der Waals surface area (Å²) in [6.07, 6.45) is 4.57. The normalized spacial score (nSPS) is 15.4. The fraction of sp³-hybridized carbons (Fsp3) is 0.466. The first-order valence-corrected chi connectivity index (χ1v) is 34.9. The van der Waals surface area contributed by atoms with Crippen molar-refractivity contribution in [3.05, 3.63) is 149 Å². The predicted molar refractivity (Wildman–Crippen MR) is 387 cm³/mol. The molecule has 0 saturated carbocycles. The molecule has 6 rings (SSSR count). The highest BCUT2D eigenvalue weighted by atomic mass is 35.5. The Balaban J connectivity index is 1.24. The van der Waals surface area contributed by atoms with Gasteiger partial charge in [-0.1, -0.05) is 130 Å². The number of carbonyl (C=O) groups is 11. The zero-order valence-corrected chi connectivity index (χ0v) is 59.4. The molecule has 1 aromatic heterocycles. The summed E-state index contributed by atoms with van der Waals surface area (Å²) in [5.74, 6) is -8.88. The second-order valence-electron chi connectivity index (χ2n) is 26.3. The number of aromatic nitrogens is 1. The molecule has 1 fully saturated rings. The second kappa shape index (κ2) is 41.0. The van der Waals surface area contributed by atoms with Gasteiger partial charge in [0.1, 0.15) is 60.4 Å². The number of aliphatic hydroxyl groups is 1. The van der Waals surface area contributed by atoms with E-state index in [-0.39, 0.29) is 82.4 Å². The lowest BCUT2D eigenvalue weighted by molar-refractivity contribution is -0.142. The zero-order valence-electron chi connectivity index (χ0n) is 58.7. The van der Waals surface area contributed by atoms with Crippen molar-refractivity contribution in [1.29, 1.82) is 0 Å². The van der Waals surface area contributed by atoms with E-state index in [0.29, 0.717) is 53.9 Å². The minimum atomic E-state index is -1.78. The molecule has 5 aromatic rings. The third-order valence-electron chi connectivity index (χ3n) is 17.1. The van der Waals surface area contributed by atoms with Crippen LogP contribution >= 0.6 is 11.6 Å². The number of nitrogens with one attached hydrogen (secondary N) is 10. The van der Waals surface area contributed by atoms with Gasteiger partial charge in [0.15, 0.2) is 5.96 Å². The second-order valence-corrected chi connectivity index (χ2v) is 26.8. The molecular weight excluding hydrogens is 1330 g/mol. The Labute approximate surface area is 599 Å². The van der Waals surface area contributed by atoms with E-state index in [4.69, 9.17) is 28.8 Å². The number of fused-ring (bicyclic) bond motifs is 1. The molecule has 1 aliphatic rings. The first kappa shape index (κ1) is 80.9. The van der Waals surface area contributed by atoms with Gasteiger partial charge in [-0.15, -0.1) is 0 Å². The first-order valence-electron chi connectivity index (χ1n) is 34.5. The number of pyridine rings is 1. The quantitative estimate of drug-likeness (QED) is 0.0149. The first-order chi connectivity index (χ1) is 48.7. The Hall–Kier alpha value is -10.1. The van der Waals surface area contributed by atoms with E-state index in [1.165, 1.54) is 31.1 Å². The number of guanidine groups is 1. The van der Waals surface area contributed by atoms with E-state index in [1.807, 2.05) is 70.2 Å². The smallest absolute Gasteiger partial charge is 0.245 e. The van der Waals surface area contributed by atoms with E-state index < -0.39 is 132 Å². The number of halogens is 1. The van der Waals surface area contributed by atoms with Gasteiger partial charge in [-0.3, -0.25) is 62.7 Å². The van der Waals surface area contributed by atoms with Gasteiger partial charge < -0.3 is 80.4 Å². The molecule has 0 radical (unpaired) electrons. The van der Waals surface area contributed by atoms with Crippen molar-refractivity contribution in [1.82, 2.24) is 63.1 Å². The standard InChI is InChI=1S/C73H99ClN16O12/c1-43(2)35-56(65(95)84-55(22-12-13-32-79-44(3)4)72(102)90-34-16-24-62(90)71(101)81-45(5)63(75)93)85-68(98)60(40-50-19-14-31-78-41-50)86-64(94)54(23-15-33-80-73(76)77)83-70(100)61(42-91)89-69(99)58(37-47-17-8-7-9-18-47)88-67(97)59(38-48-26-29-53(74)30-27-48)87-66(96)57(82-46(6)92)39-49-25-28-51-20-10-11-21-52(51)36-49/h7-11,14,17-21,25-31,36,41,43-45,54-62,79,91H,12-13,15-16,22-24,32-35,37-40,42H2,1-6H3,(H2,75,93)(H,81,101)(H,82,92)(H,83,100)(H,84,95)(H,85,98)(H,86,94)(H,87,96)(H,88,97)(H,89,99)(H4,76,77,80)/t45-,54+,55+,56+,57-,58-,59-,60-,61+,62+/m1/s1. The van der Waals surface area contributed by atoms with E-state index >= 15 is 0 Å². The van der Waals surface area contributed by atoms with Crippen LogP contribution in [0.25, 0.3) is 10.8 Å². The Bertz CT molecular complexity index is 3680. The van der Waals surface area contributed by atoms with Crippen molar-refractivity contribution >= 4 is 93.3 Å². The van der Waals surface area contributed by atoms with Crippen LogP contribution in [0.4, 0.5) is 0 Å². The van der Waals surface area contributed by atoms with Crippen LogP contribution in [0.5, 0.6) is 0 Å². The number of benzene rings is 4. The molecule has 11 amide bonds. The number of carbonyl (C=O) groups excluding carboxylic acids is 11. The van der Waals surface area contributed by atoms with Gasteiger partial charge in [-0.25, -0.2) is 0 Å². The van der Waals surface area contributed by atoms with Crippen molar-refractivity contribution < 1.29 is 57.8 Å². The van der Waals surface area contributed by atoms with Gasteiger partial charge in [0.2, 0.25) is 65.0 Å². The topological polar surface area (TPSA) is 435 Å². The minimum absolute atomic E-state index is 0.0230. The number of amides is 11. The highest BCUT2D eigenvalue weighted by Gasteiger charge is 2.40. The summed E-state index contributed by atoms with van der Waals surface area (Å²) in [6, 6.07) is 18.7. The Kier molecular flexibility index (Phi) is 32.5. The maximum absolute atomic E-state index is 14.9. The summed E-state index contributed by atoms with van der Waals surface area (Å²) in [5.41, 5.74) is 19.0. The third-order valence-corrected chi connectivity index (χ3v) is 17.3. The largest absolute Gasteiger partial charge is 0.394 e. The maximum Gasteiger partial charge on any atom is 0.245 e. The number of likely N-dealkylation sites (tertiary alicyclic amines) is 1. The summed E-state index contributed by atoms with van der Waals surface area (Å²) >= 11 is 6.24. The van der Waals surface area contributed by atoms with Crippen LogP contribution < -0.4 is 70.4 Å². The number of rotatable bonds is 40. The summed E-state index contributed by atoms with van der Waals surface area (Å²) < 4.78 is 0. The molecule has 17 N–H and O–H groups in total. The maximum atomic E-state index is 14.9. The summed E-state index contributed by atoms with van der Waals surface area (Å²) in [4.78, 5) is 165. The van der Waals surface area contributed by atoms with E-state index in [1.54, 1.807) is 66.7 Å². The molecule has 28 nitrogen and oxygen atoms in total. The van der Waals surface area contributed by atoms with Crippen molar-refractivity contribution in [2.24, 2.45) is 28.1 Å². The van der Waals surface area contributed by atoms with Crippen molar-refractivity contribution in [2.75, 3.05) is 26.2 Å². The lowest BCUT2D eigenvalue weighted by Gasteiger charge is -2.31. The number of primary amides is 1. The number of hydrogen-bond donors (Lipinski definition) is 14. The molecule has 0 unspecified atom stereocenters. The summed E-state index contributed by atoms with van der Waals surface area (Å²) in [6.45, 7) is 10.1. The van der Waals surface area contributed by atoms with Crippen LogP contribution in [0, 0.1) is 5.92 Å². The van der Waals surface area contributed by atoms with Crippen molar-refractivity contribution in [3.8, 4) is 0 Å². The molecule has 4 aromatic carbocycles.